The third-order valence-corrected chi connectivity index (χ3v) is 4.80. The second-order valence-corrected chi connectivity index (χ2v) is 6.65. The van der Waals surface area contributed by atoms with Gasteiger partial charge in [-0.3, -0.25) is 14.5 Å². The quantitative estimate of drug-likeness (QED) is 0.844. The Morgan fingerprint density at radius 2 is 1.81 bits per heavy atom. The molecule has 0 bridgehead atoms. The van der Waals surface area contributed by atoms with E-state index >= 15 is 0 Å². The van der Waals surface area contributed by atoms with E-state index in [0.29, 0.717) is 12.5 Å². The summed E-state index contributed by atoms with van der Waals surface area (Å²) in [5.41, 5.74) is 0. The number of carbonyl (C=O) groups is 2. The zero-order valence-corrected chi connectivity index (χ0v) is 13.3. The molecule has 0 aromatic rings. The van der Waals surface area contributed by atoms with Crippen LogP contribution in [0.1, 0.15) is 58.8 Å². The van der Waals surface area contributed by atoms with Crippen molar-refractivity contribution in [2.75, 3.05) is 13.1 Å². The third kappa shape index (κ3) is 3.96. The Morgan fingerprint density at radius 3 is 2.38 bits per heavy atom. The first-order valence-electron chi connectivity index (χ1n) is 8.28. The van der Waals surface area contributed by atoms with Crippen LogP contribution in [0.15, 0.2) is 0 Å². The number of carbonyl (C=O) groups excluding carboxylic acids is 1. The van der Waals surface area contributed by atoms with Crippen LogP contribution in [0.4, 0.5) is 0 Å². The summed E-state index contributed by atoms with van der Waals surface area (Å²) < 4.78 is 0. The molecule has 1 aliphatic heterocycles. The van der Waals surface area contributed by atoms with E-state index in [4.69, 9.17) is 0 Å². The molecule has 1 unspecified atom stereocenters. The van der Waals surface area contributed by atoms with Gasteiger partial charge < -0.3 is 10.0 Å². The molecule has 0 aromatic carbocycles. The van der Waals surface area contributed by atoms with E-state index in [9.17, 15) is 14.7 Å². The van der Waals surface area contributed by atoms with Crippen LogP contribution in [-0.2, 0) is 9.59 Å². The first kappa shape index (κ1) is 16.3. The number of aliphatic carboxylic acids is 1. The molecule has 0 aromatic heterocycles. The number of amides is 1. The average molecular weight is 296 g/mol. The number of hydrogen-bond donors (Lipinski definition) is 1. The Kier molecular flexibility index (Phi) is 5.62. The van der Waals surface area contributed by atoms with Crippen molar-refractivity contribution in [2.45, 2.75) is 76.9 Å². The number of rotatable bonds is 5. The van der Waals surface area contributed by atoms with Gasteiger partial charge in [0.05, 0.1) is 6.54 Å². The molecule has 1 atom stereocenters. The predicted molar refractivity (Wildman–Crippen MR) is 81.1 cm³/mol. The fourth-order valence-electron chi connectivity index (χ4n) is 3.82. The van der Waals surface area contributed by atoms with Gasteiger partial charge in [-0.25, -0.2) is 0 Å². The van der Waals surface area contributed by atoms with Crippen molar-refractivity contribution in [3.05, 3.63) is 0 Å². The summed E-state index contributed by atoms with van der Waals surface area (Å²) in [4.78, 5) is 27.8. The third-order valence-electron chi connectivity index (χ3n) is 4.80. The molecule has 2 rings (SSSR count). The molecule has 0 spiro atoms. The minimum atomic E-state index is -0.797. The highest BCUT2D eigenvalue weighted by Gasteiger charge is 2.34. The fourth-order valence-corrected chi connectivity index (χ4v) is 3.82. The Bertz CT molecular complexity index is 378. The van der Waals surface area contributed by atoms with Crippen LogP contribution >= 0.6 is 0 Å². The van der Waals surface area contributed by atoms with E-state index in [1.807, 2.05) is 9.80 Å². The van der Waals surface area contributed by atoms with Gasteiger partial charge in [0.2, 0.25) is 5.91 Å². The van der Waals surface area contributed by atoms with E-state index in [-0.39, 0.29) is 18.5 Å². The maximum Gasteiger partial charge on any atom is 0.320 e. The number of nitrogens with zero attached hydrogens (tertiary/aromatic N) is 2. The SMILES string of the molecule is CC(C)N(C(=O)CN1CCCC1C(=O)O)C1CCCCC1. The van der Waals surface area contributed by atoms with E-state index in [2.05, 4.69) is 13.8 Å². The molecule has 1 amide bonds. The zero-order chi connectivity index (χ0) is 15.4. The van der Waals surface area contributed by atoms with Gasteiger partial charge in [-0.1, -0.05) is 19.3 Å². The highest BCUT2D eigenvalue weighted by Crippen LogP contribution is 2.25. The van der Waals surface area contributed by atoms with Crippen molar-refractivity contribution in [1.82, 2.24) is 9.80 Å². The zero-order valence-electron chi connectivity index (χ0n) is 13.3. The highest BCUT2D eigenvalue weighted by molar-refractivity contribution is 5.80. The van der Waals surface area contributed by atoms with E-state index in [1.165, 1.54) is 19.3 Å². The van der Waals surface area contributed by atoms with Crippen molar-refractivity contribution >= 4 is 11.9 Å². The lowest BCUT2D eigenvalue weighted by Gasteiger charge is -2.38. The molecule has 2 aliphatic rings. The molecule has 5 nitrogen and oxygen atoms in total. The van der Waals surface area contributed by atoms with E-state index < -0.39 is 12.0 Å². The summed E-state index contributed by atoms with van der Waals surface area (Å²) in [7, 11) is 0. The normalized spacial score (nSPS) is 24.4. The molecule has 1 N–H and O–H groups in total. The maximum absolute atomic E-state index is 12.7. The van der Waals surface area contributed by atoms with Gasteiger partial charge in [0.1, 0.15) is 6.04 Å². The summed E-state index contributed by atoms with van der Waals surface area (Å²) in [5.74, 6) is -0.695. The van der Waals surface area contributed by atoms with Crippen LogP contribution in [0.5, 0.6) is 0 Å². The lowest BCUT2D eigenvalue weighted by molar-refractivity contribution is -0.144. The van der Waals surface area contributed by atoms with Crippen LogP contribution in [0.3, 0.4) is 0 Å². The van der Waals surface area contributed by atoms with Gasteiger partial charge >= 0.3 is 5.97 Å². The Labute approximate surface area is 127 Å². The lowest BCUT2D eigenvalue weighted by atomic mass is 9.93. The summed E-state index contributed by atoms with van der Waals surface area (Å²) in [6.45, 7) is 5.10. The van der Waals surface area contributed by atoms with Crippen molar-refractivity contribution in [1.29, 1.82) is 0 Å². The van der Waals surface area contributed by atoms with Crippen molar-refractivity contribution < 1.29 is 14.7 Å². The molecule has 1 saturated heterocycles. The molecule has 21 heavy (non-hydrogen) atoms. The highest BCUT2D eigenvalue weighted by atomic mass is 16.4. The molecule has 5 heteroatoms. The molecular formula is C16H28N2O3. The largest absolute Gasteiger partial charge is 0.480 e. The van der Waals surface area contributed by atoms with Gasteiger partial charge in [0, 0.05) is 12.1 Å². The second kappa shape index (κ2) is 7.25. The summed E-state index contributed by atoms with van der Waals surface area (Å²) in [6.07, 6.45) is 7.37. The smallest absolute Gasteiger partial charge is 0.320 e. The van der Waals surface area contributed by atoms with Crippen LogP contribution in [0, 0.1) is 0 Å². The molecule has 120 valence electrons. The Balaban J connectivity index is 1.99. The van der Waals surface area contributed by atoms with Crippen LogP contribution in [0.2, 0.25) is 0 Å². The van der Waals surface area contributed by atoms with E-state index in [0.717, 1.165) is 25.8 Å². The Hall–Kier alpha value is -1.10. The summed E-state index contributed by atoms with van der Waals surface area (Å²) >= 11 is 0. The second-order valence-electron chi connectivity index (χ2n) is 6.65. The minimum absolute atomic E-state index is 0.102. The number of likely N-dealkylation sites (tertiary alicyclic amines) is 1. The number of carboxylic acid groups (broad SMARTS) is 1. The first-order valence-corrected chi connectivity index (χ1v) is 8.28. The summed E-state index contributed by atoms with van der Waals surface area (Å²) in [6, 6.07) is 0.0536. The molecule has 1 aliphatic carbocycles. The first-order chi connectivity index (χ1) is 10.0. The number of carboxylic acids is 1. The fraction of sp³-hybridized carbons (Fsp3) is 0.875. The standard InChI is InChI=1S/C16H28N2O3/c1-12(2)18(13-7-4-3-5-8-13)15(19)11-17-10-6-9-14(17)16(20)21/h12-14H,3-11H2,1-2H3,(H,20,21). The van der Waals surface area contributed by atoms with Gasteiger partial charge in [-0.05, 0) is 46.1 Å². The van der Waals surface area contributed by atoms with Gasteiger partial charge in [0.15, 0.2) is 0 Å². The van der Waals surface area contributed by atoms with Crippen LogP contribution in [0.25, 0.3) is 0 Å². The van der Waals surface area contributed by atoms with Gasteiger partial charge in [-0.15, -0.1) is 0 Å². The van der Waals surface area contributed by atoms with Crippen LogP contribution in [-0.4, -0.2) is 58.0 Å². The van der Waals surface area contributed by atoms with E-state index in [1.54, 1.807) is 0 Å². The summed E-state index contributed by atoms with van der Waals surface area (Å²) in [5, 5.41) is 9.23. The van der Waals surface area contributed by atoms with Crippen molar-refractivity contribution in [3.8, 4) is 0 Å². The number of hydrogen-bond acceptors (Lipinski definition) is 3. The molecular weight excluding hydrogens is 268 g/mol. The van der Waals surface area contributed by atoms with Crippen molar-refractivity contribution in [3.63, 3.8) is 0 Å². The minimum Gasteiger partial charge on any atom is -0.480 e. The van der Waals surface area contributed by atoms with Gasteiger partial charge in [-0.2, -0.15) is 0 Å². The van der Waals surface area contributed by atoms with Crippen molar-refractivity contribution in [2.24, 2.45) is 0 Å². The van der Waals surface area contributed by atoms with Crippen LogP contribution < -0.4 is 0 Å². The molecule has 1 heterocycles. The Morgan fingerprint density at radius 1 is 1.14 bits per heavy atom. The molecule has 0 radical (unpaired) electrons. The monoisotopic (exact) mass is 296 g/mol. The average Bonchev–Trinajstić information content (AvgIpc) is 2.88. The lowest BCUT2D eigenvalue weighted by Crippen LogP contribution is -2.51. The predicted octanol–water partition coefficient (Wildman–Crippen LogP) is 2.11. The topological polar surface area (TPSA) is 60.9 Å². The van der Waals surface area contributed by atoms with Gasteiger partial charge in [0.25, 0.3) is 0 Å². The molecule has 2 fully saturated rings. The maximum atomic E-state index is 12.7. The molecule has 1 saturated carbocycles.